The Labute approximate surface area is 108 Å². The van der Waals surface area contributed by atoms with Gasteiger partial charge in [-0.25, -0.2) is 0 Å². The summed E-state index contributed by atoms with van der Waals surface area (Å²) >= 11 is 6.05. The molecule has 0 amide bonds. The molecule has 17 heavy (non-hydrogen) atoms. The van der Waals surface area contributed by atoms with Crippen LogP contribution in [0.15, 0.2) is 18.2 Å². The third-order valence-corrected chi connectivity index (χ3v) is 4.05. The molecule has 1 aromatic rings. The molecule has 2 saturated heterocycles. The van der Waals surface area contributed by atoms with Crippen molar-refractivity contribution in [1.82, 2.24) is 0 Å². The molecule has 1 aromatic carbocycles. The van der Waals surface area contributed by atoms with Gasteiger partial charge in [0, 0.05) is 24.7 Å². The molecule has 2 fully saturated rings. The van der Waals surface area contributed by atoms with Gasteiger partial charge in [0.25, 0.3) is 0 Å². The Morgan fingerprint density at radius 1 is 1.29 bits per heavy atom. The lowest BCUT2D eigenvalue weighted by atomic mass is 10.1. The highest BCUT2D eigenvalue weighted by molar-refractivity contribution is 6.17. The molecule has 2 atom stereocenters. The number of hydrogen-bond donors (Lipinski definition) is 0. The molecule has 0 spiro atoms. The molecule has 0 aliphatic carbocycles. The van der Waals surface area contributed by atoms with Gasteiger partial charge >= 0.3 is 0 Å². The van der Waals surface area contributed by atoms with Crippen LogP contribution in [0.3, 0.4) is 0 Å². The quantitative estimate of drug-likeness (QED) is 0.749. The van der Waals surface area contributed by atoms with E-state index in [1.54, 1.807) is 0 Å². The van der Waals surface area contributed by atoms with Gasteiger partial charge in [-0.1, -0.05) is 17.7 Å². The predicted octanol–water partition coefficient (Wildman–Crippen LogP) is 3.10. The molecule has 2 bridgehead atoms. The lowest BCUT2D eigenvalue weighted by molar-refractivity contribution is 0.0304. The Kier molecular flexibility index (Phi) is 3.01. The number of hydrogen-bond acceptors (Lipinski definition) is 2. The largest absolute Gasteiger partial charge is 0.371 e. The Morgan fingerprint density at radius 3 is 2.65 bits per heavy atom. The zero-order valence-corrected chi connectivity index (χ0v) is 10.9. The van der Waals surface area contributed by atoms with Gasteiger partial charge in [-0.2, -0.15) is 0 Å². The van der Waals surface area contributed by atoms with E-state index >= 15 is 0 Å². The lowest BCUT2D eigenvalue weighted by Gasteiger charge is -2.35. The lowest BCUT2D eigenvalue weighted by Crippen LogP contribution is -2.43. The number of aryl methyl sites for hydroxylation is 1. The summed E-state index contributed by atoms with van der Waals surface area (Å²) in [6.07, 6.45) is 3.28. The van der Waals surface area contributed by atoms with Crippen molar-refractivity contribution in [1.29, 1.82) is 0 Å². The zero-order valence-electron chi connectivity index (χ0n) is 10.2. The van der Waals surface area contributed by atoms with E-state index < -0.39 is 0 Å². The fourth-order valence-electron chi connectivity index (χ4n) is 2.94. The summed E-state index contributed by atoms with van der Waals surface area (Å²) in [6, 6.07) is 6.57. The minimum Gasteiger partial charge on any atom is -0.371 e. The van der Waals surface area contributed by atoms with Gasteiger partial charge < -0.3 is 9.64 Å². The molecule has 2 aliphatic heterocycles. The number of ether oxygens (including phenoxy) is 1. The molecule has 2 nitrogen and oxygen atoms in total. The molecule has 0 N–H and O–H groups in total. The summed E-state index contributed by atoms with van der Waals surface area (Å²) in [7, 11) is 0. The van der Waals surface area contributed by atoms with Gasteiger partial charge in [-0.05, 0) is 31.4 Å². The van der Waals surface area contributed by atoms with Crippen LogP contribution in [0.25, 0.3) is 0 Å². The second-order valence-electron chi connectivity index (χ2n) is 5.13. The number of alkyl halides is 1. The van der Waals surface area contributed by atoms with E-state index in [-0.39, 0.29) is 0 Å². The van der Waals surface area contributed by atoms with Gasteiger partial charge in [0.05, 0.1) is 12.2 Å². The Balaban J connectivity index is 1.88. The first-order valence-electron chi connectivity index (χ1n) is 6.32. The van der Waals surface area contributed by atoms with Crippen molar-refractivity contribution in [3.05, 3.63) is 29.3 Å². The normalized spacial score (nSPS) is 27.5. The molecule has 3 rings (SSSR count). The smallest absolute Gasteiger partial charge is 0.0755 e. The highest BCUT2D eigenvalue weighted by Crippen LogP contribution is 2.32. The first-order valence-corrected chi connectivity index (χ1v) is 6.85. The number of anilines is 1. The minimum absolute atomic E-state index is 0.429. The maximum Gasteiger partial charge on any atom is 0.0755 e. The highest BCUT2D eigenvalue weighted by Gasteiger charge is 2.34. The van der Waals surface area contributed by atoms with Gasteiger partial charge in [0.1, 0.15) is 0 Å². The third-order valence-electron chi connectivity index (χ3n) is 3.76. The van der Waals surface area contributed by atoms with Crippen molar-refractivity contribution in [3.8, 4) is 0 Å². The van der Waals surface area contributed by atoms with Crippen LogP contribution < -0.4 is 4.90 Å². The first-order chi connectivity index (χ1) is 8.26. The van der Waals surface area contributed by atoms with E-state index in [0.717, 1.165) is 13.1 Å². The summed E-state index contributed by atoms with van der Waals surface area (Å²) in [5.74, 6) is 0.587. The summed E-state index contributed by atoms with van der Waals surface area (Å²) in [4.78, 5) is 2.45. The van der Waals surface area contributed by atoms with Crippen LogP contribution in [0, 0.1) is 6.92 Å². The molecule has 0 aromatic heterocycles. The summed E-state index contributed by atoms with van der Waals surface area (Å²) in [5.41, 5.74) is 3.82. The van der Waals surface area contributed by atoms with Crippen molar-refractivity contribution in [2.45, 2.75) is 37.9 Å². The van der Waals surface area contributed by atoms with Crippen molar-refractivity contribution in [2.24, 2.45) is 0 Å². The fraction of sp³-hybridized carbons (Fsp3) is 0.571. The fourth-order valence-corrected chi connectivity index (χ4v) is 3.16. The first kappa shape index (κ1) is 11.4. The maximum atomic E-state index is 6.05. The molecular weight excluding hydrogens is 234 g/mol. The number of morpholine rings is 1. The number of benzene rings is 1. The molecule has 2 aliphatic rings. The van der Waals surface area contributed by atoms with Crippen LogP contribution in [-0.2, 0) is 10.6 Å². The van der Waals surface area contributed by atoms with Crippen molar-refractivity contribution < 1.29 is 4.74 Å². The van der Waals surface area contributed by atoms with Gasteiger partial charge in [0.2, 0.25) is 0 Å². The summed E-state index contributed by atoms with van der Waals surface area (Å²) < 4.78 is 5.87. The van der Waals surface area contributed by atoms with Crippen LogP contribution in [-0.4, -0.2) is 25.3 Å². The zero-order chi connectivity index (χ0) is 11.8. The molecular formula is C14H18ClNO. The van der Waals surface area contributed by atoms with Crippen molar-refractivity contribution in [3.63, 3.8) is 0 Å². The molecule has 0 radical (unpaired) electrons. The Hall–Kier alpha value is -0.730. The van der Waals surface area contributed by atoms with Gasteiger partial charge in [-0.15, -0.1) is 11.6 Å². The van der Waals surface area contributed by atoms with E-state index in [1.165, 1.54) is 29.7 Å². The number of fused-ring (bicyclic) bond motifs is 2. The van der Waals surface area contributed by atoms with Crippen molar-refractivity contribution in [2.75, 3.05) is 18.0 Å². The Bertz CT molecular complexity index is 409. The average Bonchev–Trinajstić information content (AvgIpc) is 2.68. The topological polar surface area (TPSA) is 12.5 Å². The molecule has 2 unspecified atom stereocenters. The Morgan fingerprint density at radius 2 is 2.00 bits per heavy atom. The van der Waals surface area contributed by atoms with Gasteiger partial charge in [-0.3, -0.25) is 0 Å². The number of halogens is 1. The number of rotatable bonds is 2. The second kappa shape index (κ2) is 4.51. The standard InChI is InChI=1S/C14H18ClNO/c1-10-2-5-14(11(6-10)7-15)16-8-12-3-4-13(9-16)17-12/h2,5-6,12-13H,3-4,7-9H2,1H3. The monoisotopic (exact) mass is 251 g/mol. The predicted molar refractivity (Wildman–Crippen MR) is 70.8 cm³/mol. The van der Waals surface area contributed by atoms with E-state index in [2.05, 4.69) is 30.0 Å². The van der Waals surface area contributed by atoms with E-state index in [4.69, 9.17) is 16.3 Å². The summed E-state index contributed by atoms with van der Waals surface area (Å²) in [6.45, 7) is 4.15. The van der Waals surface area contributed by atoms with Crippen LogP contribution in [0.5, 0.6) is 0 Å². The second-order valence-corrected chi connectivity index (χ2v) is 5.40. The average molecular weight is 252 g/mol. The SMILES string of the molecule is Cc1ccc(N2CC3CCC(C2)O3)c(CCl)c1. The minimum atomic E-state index is 0.429. The van der Waals surface area contributed by atoms with Crippen LogP contribution in [0.2, 0.25) is 0 Å². The molecule has 92 valence electrons. The van der Waals surface area contributed by atoms with E-state index in [9.17, 15) is 0 Å². The van der Waals surface area contributed by atoms with E-state index in [1.807, 2.05) is 0 Å². The van der Waals surface area contributed by atoms with Crippen LogP contribution >= 0.6 is 11.6 Å². The third kappa shape index (κ3) is 2.16. The van der Waals surface area contributed by atoms with E-state index in [0.29, 0.717) is 18.1 Å². The molecule has 3 heteroatoms. The van der Waals surface area contributed by atoms with Crippen LogP contribution in [0.1, 0.15) is 24.0 Å². The van der Waals surface area contributed by atoms with Crippen LogP contribution in [0.4, 0.5) is 5.69 Å². The molecule has 0 saturated carbocycles. The molecule has 2 heterocycles. The summed E-state index contributed by atoms with van der Waals surface area (Å²) in [5, 5.41) is 0. The maximum absolute atomic E-state index is 6.05. The highest BCUT2D eigenvalue weighted by atomic mass is 35.5. The van der Waals surface area contributed by atoms with Crippen molar-refractivity contribution >= 4 is 17.3 Å². The van der Waals surface area contributed by atoms with Gasteiger partial charge in [0.15, 0.2) is 0 Å². The number of nitrogens with zero attached hydrogens (tertiary/aromatic N) is 1.